The van der Waals surface area contributed by atoms with Crippen LogP contribution in [-0.4, -0.2) is 35.4 Å². The number of aliphatic hydroxyl groups is 1. The summed E-state index contributed by atoms with van der Waals surface area (Å²) in [5.41, 5.74) is 3.89. The number of aliphatic hydroxyl groups excluding tert-OH is 1. The van der Waals surface area contributed by atoms with Crippen LogP contribution in [-0.2, 0) is 19.1 Å². The van der Waals surface area contributed by atoms with Crippen molar-refractivity contribution < 1.29 is 24.2 Å². The zero-order valence-electron chi connectivity index (χ0n) is 22.3. The Kier molecular flexibility index (Phi) is 6.10. The van der Waals surface area contributed by atoms with Crippen LogP contribution in [0.5, 0.6) is 0 Å². The van der Waals surface area contributed by atoms with Crippen LogP contribution < -0.4 is 0 Å². The Morgan fingerprint density at radius 3 is 2.03 bits per heavy atom. The van der Waals surface area contributed by atoms with Crippen LogP contribution in [0.3, 0.4) is 0 Å². The van der Waals surface area contributed by atoms with Crippen LogP contribution in [0.4, 0.5) is 0 Å². The lowest BCUT2D eigenvalue weighted by Gasteiger charge is -2.37. The van der Waals surface area contributed by atoms with Crippen molar-refractivity contribution in [2.45, 2.75) is 89.4 Å². The lowest BCUT2D eigenvalue weighted by Crippen LogP contribution is -2.42. The van der Waals surface area contributed by atoms with Gasteiger partial charge in [-0.15, -0.1) is 0 Å². The highest BCUT2D eigenvalue weighted by Crippen LogP contribution is 2.61. The number of allylic oxidation sites excluding steroid dienone is 2. The second kappa shape index (κ2) is 8.97. The Bertz CT molecular complexity index is 1070. The topological polar surface area (TPSA) is 72.8 Å². The Labute approximate surface area is 221 Å². The van der Waals surface area contributed by atoms with Crippen LogP contribution >= 0.6 is 0 Å². The van der Waals surface area contributed by atoms with E-state index < -0.39 is 11.5 Å². The molecule has 11 atom stereocenters. The Morgan fingerprint density at radius 1 is 0.838 bits per heavy atom. The van der Waals surface area contributed by atoms with E-state index in [1.54, 1.807) is 6.92 Å². The molecular formula is C32H42O5. The summed E-state index contributed by atoms with van der Waals surface area (Å²) in [6.45, 7) is 19.3. The Morgan fingerprint density at radius 2 is 1.41 bits per heavy atom. The van der Waals surface area contributed by atoms with Gasteiger partial charge in [-0.25, -0.2) is 0 Å². The summed E-state index contributed by atoms with van der Waals surface area (Å²) in [7, 11) is 0. The standard InChI is InChI=1S/C32H42O5/c1-16-6-12-23-24(30(34)36-28(23)26-18(3)7-10-21(16)26)15-32(14-20(5)33)25-13-9-17(2)22-11-8-19(4)27(22)29(25)37-31(32)35/h20-29,33H,1-4,6-15H2,5H3/t20?,21-,22-,23-,24-,25+,26-,27-,28-,29-,32+/m0/s1. The van der Waals surface area contributed by atoms with E-state index in [0.717, 1.165) is 56.9 Å². The highest BCUT2D eigenvalue weighted by molar-refractivity contribution is 5.82. The summed E-state index contributed by atoms with van der Waals surface area (Å²) in [5, 5.41) is 10.7. The van der Waals surface area contributed by atoms with Crippen molar-refractivity contribution in [1.82, 2.24) is 0 Å². The third kappa shape index (κ3) is 3.74. The van der Waals surface area contributed by atoms with Gasteiger partial charge in [0.15, 0.2) is 0 Å². The Balaban J connectivity index is 1.36. The van der Waals surface area contributed by atoms with Crippen LogP contribution in [0.25, 0.3) is 0 Å². The number of carbonyl (C=O) groups is 2. The fourth-order valence-corrected chi connectivity index (χ4v) is 9.52. The molecular weight excluding hydrogens is 464 g/mol. The smallest absolute Gasteiger partial charge is 0.312 e. The van der Waals surface area contributed by atoms with E-state index in [2.05, 4.69) is 26.3 Å². The van der Waals surface area contributed by atoms with Gasteiger partial charge in [0, 0.05) is 23.7 Å². The highest BCUT2D eigenvalue weighted by Gasteiger charge is 2.64. The van der Waals surface area contributed by atoms with Crippen molar-refractivity contribution in [3.63, 3.8) is 0 Å². The second-order valence-corrected chi connectivity index (χ2v) is 13.1. The van der Waals surface area contributed by atoms with Crippen molar-refractivity contribution in [2.24, 2.45) is 46.8 Å². The molecule has 37 heavy (non-hydrogen) atoms. The molecule has 1 N–H and O–H groups in total. The molecule has 2 aliphatic heterocycles. The molecule has 0 radical (unpaired) electrons. The van der Waals surface area contributed by atoms with E-state index in [1.807, 2.05) is 0 Å². The molecule has 5 heteroatoms. The largest absolute Gasteiger partial charge is 0.461 e. The summed E-state index contributed by atoms with van der Waals surface area (Å²) in [4.78, 5) is 27.5. The van der Waals surface area contributed by atoms with Gasteiger partial charge in [-0.2, -0.15) is 0 Å². The number of hydrogen-bond acceptors (Lipinski definition) is 5. The van der Waals surface area contributed by atoms with E-state index in [4.69, 9.17) is 9.47 Å². The van der Waals surface area contributed by atoms with Gasteiger partial charge in [0.1, 0.15) is 12.2 Å². The molecule has 0 amide bonds. The van der Waals surface area contributed by atoms with Gasteiger partial charge in [0.2, 0.25) is 0 Å². The first-order chi connectivity index (χ1) is 17.6. The first-order valence-electron chi connectivity index (χ1n) is 14.4. The summed E-state index contributed by atoms with van der Waals surface area (Å²) < 4.78 is 12.4. The van der Waals surface area contributed by atoms with Gasteiger partial charge in [0.05, 0.1) is 17.4 Å². The van der Waals surface area contributed by atoms with E-state index >= 15 is 0 Å². The second-order valence-electron chi connectivity index (χ2n) is 13.1. The van der Waals surface area contributed by atoms with Crippen molar-refractivity contribution >= 4 is 11.9 Å². The summed E-state index contributed by atoms with van der Waals surface area (Å²) in [6, 6.07) is 0. The third-order valence-corrected chi connectivity index (χ3v) is 11.2. The van der Waals surface area contributed by atoms with Gasteiger partial charge < -0.3 is 14.6 Å². The number of hydrogen-bond donors (Lipinski definition) is 1. The van der Waals surface area contributed by atoms with Crippen molar-refractivity contribution in [3.8, 4) is 0 Å². The molecule has 4 saturated carbocycles. The SMILES string of the molecule is C=C1CC[C@H]2C(=C)CC[C@@H]3[C@H](OC(=O)[C@]3(CC(C)O)C[C@@H]3C(=O)O[C@H]4[C@H]3CCC(=C)[C@@H]3CCC(=C)[C@H]43)[C@@H]12. The van der Waals surface area contributed by atoms with Crippen LogP contribution in [0, 0.1) is 46.8 Å². The van der Waals surface area contributed by atoms with Gasteiger partial charge in [0.25, 0.3) is 0 Å². The molecule has 2 heterocycles. The quantitative estimate of drug-likeness (QED) is 0.391. The van der Waals surface area contributed by atoms with E-state index in [0.29, 0.717) is 24.7 Å². The van der Waals surface area contributed by atoms with Gasteiger partial charge in [-0.3, -0.25) is 9.59 Å². The van der Waals surface area contributed by atoms with Crippen molar-refractivity contribution in [1.29, 1.82) is 0 Å². The molecule has 0 aromatic heterocycles. The van der Waals surface area contributed by atoms with Crippen molar-refractivity contribution in [2.75, 3.05) is 0 Å². The van der Waals surface area contributed by atoms with Gasteiger partial charge >= 0.3 is 11.9 Å². The van der Waals surface area contributed by atoms with Crippen LogP contribution in [0.2, 0.25) is 0 Å². The molecule has 6 aliphatic rings. The number of esters is 2. The maximum absolute atomic E-state index is 13.9. The molecule has 4 aliphatic carbocycles. The first kappa shape index (κ1) is 25.2. The summed E-state index contributed by atoms with van der Waals surface area (Å²) in [5.74, 6) is -0.00400. The molecule has 0 aromatic rings. The molecule has 200 valence electrons. The number of ether oxygens (including phenoxy) is 2. The molecule has 0 aromatic carbocycles. The maximum Gasteiger partial charge on any atom is 0.312 e. The summed E-state index contributed by atoms with van der Waals surface area (Å²) in [6.07, 6.45) is 6.85. The minimum absolute atomic E-state index is 0.0294. The molecule has 6 rings (SSSR count). The maximum atomic E-state index is 13.9. The number of carbonyl (C=O) groups excluding carboxylic acids is 2. The summed E-state index contributed by atoms with van der Waals surface area (Å²) >= 11 is 0. The molecule has 0 spiro atoms. The van der Waals surface area contributed by atoms with E-state index in [-0.39, 0.29) is 53.7 Å². The van der Waals surface area contributed by atoms with E-state index in [1.165, 1.54) is 16.7 Å². The zero-order chi connectivity index (χ0) is 26.2. The zero-order valence-corrected chi connectivity index (χ0v) is 22.3. The lowest BCUT2D eigenvalue weighted by molar-refractivity contribution is -0.153. The predicted molar refractivity (Wildman–Crippen MR) is 141 cm³/mol. The van der Waals surface area contributed by atoms with Crippen LogP contribution in [0.1, 0.15) is 71.1 Å². The Hall–Kier alpha value is -2.14. The predicted octanol–water partition coefficient (Wildman–Crippen LogP) is 5.70. The van der Waals surface area contributed by atoms with Crippen LogP contribution in [0.15, 0.2) is 48.6 Å². The minimum atomic E-state index is -0.912. The average molecular weight is 507 g/mol. The number of fused-ring (bicyclic) bond motifs is 6. The molecule has 0 bridgehead atoms. The third-order valence-electron chi connectivity index (χ3n) is 11.2. The van der Waals surface area contributed by atoms with E-state index in [9.17, 15) is 14.7 Å². The monoisotopic (exact) mass is 506 g/mol. The van der Waals surface area contributed by atoms with Crippen molar-refractivity contribution in [3.05, 3.63) is 48.6 Å². The normalized spacial score (nSPS) is 45.9. The highest BCUT2D eigenvalue weighted by atomic mass is 16.6. The molecule has 2 saturated heterocycles. The lowest BCUT2D eigenvalue weighted by atomic mass is 9.62. The minimum Gasteiger partial charge on any atom is -0.461 e. The van der Waals surface area contributed by atoms with Gasteiger partial charge in [-0.1, -0.05) is 48.6 Å². The first-order valence-corrected chi connectivity index (χ1v) is 14.4. The fraction of sp³-hybridized carbons (Fsp3) is 0.688. The molecule has 1 unspecified atom stereocenters. The molecule has 6 fully saturated rings. The van der Waals surface area contributed by atoms with Gasteiger partial charge in [-0.05, 0) is 83.0 Å². The average Bonchev–Trinajstić information content (AvgIpc) is 3.50. The molecule has 5 nitrogen and oxygen atoms in total. The number of rotatable bonds is 4. The fourth-order valence-electron chi connectivity index (χ4n) is 9.52.